The highest BCUT2D eigenvalue weighted by Crippen LogP contribution is 2.28. The Morgan fingerprint density at radius 2 is 2.04 bits per heavy atom. The molecule has 26 heavy (non-hydrogen) atoms. The number of rotatable bonds is 3. The Hall–Kier alpha value is -2.01. The van der Waals surface area contributed by atoms with E-state index < -0.39 is 5.60 Å². The maximum atomic E-state index is 12.4. The summed E-state index contributed by atoms with van der Waals surface area (Å²) in [5.41, 5.74) is 3.24. The largest absolute Gasteiger partial charge is 0.444 e. The van der Waals surface area contributed by atoms with Crippen LogP contribution in [0.15, 0.2) is 24.5 Å². The first kappa shape index (κ1) is 18.8. The molecule has 0 radical (unpaired) electrons. The molecule has 0 aliphatic carbocycles. The highest BCUT2D eigenvalue weighted by Gasteiger charge is 2.25. The van der Waals surface area contributed by atoms with Gasteiger partial charge in [-0.05, 0) is 62.8 Å². The predicted molar refractivity (Wildman–Crippen MR) is 103 cm³/mol. The van der Waals surface area contributed by atoms with Crippen LogP contribution in [0.4, 0.5) is 4.79 Å². The Bertz CT molecular complexity index is 766. The average Bonchev–Trinajstić information content (AvgIpc) is 2.97. The summed E-state index contributed by atoms with van der Waals surface area (Å²) in [7, 11) is 0. The van der Waals surface area contributed by atoms with Crippen molar-refractivity contribution >= 4 is 17.7 Å². The smallest absolute Gasteiger partial charge is 0.410 e. The maximum Gasteiger partial charge on any atom is 0.410 e. The van der Waals surface area contributed by atoms with E-state index in [2.05, 4.69) is 16.0 Å². The fraction of sp³-hybridized carbons (Fsp3) is 0.500. The molecule has 0 atom stereocenters. The molecule has 1 amide bonds. The van der Waals surface area contributed by atoms with Crippen LogP contribution in [0.3, 0.4) is 0 Å². The zero-order valence-electron chi connectivity index (χ0n) is 15.6. The van der Waals surface area contributed by atoms with E-state index in [-0.39, 0.29) is 6.09 Å². The second-order valence-corrected chi connectivity index (χ2v) is 8.07. The number of aromatic amines is 1. The van der Waals surface area contributed by atoms with E-state index >= 15 is 0 Å². The highest BCUT2D eigenvalue weighted by molar-refractivity contribution is 6.31. The molecule has 6 heteroatoms. The Balaban J connectivity index is 1.75. The molecule has 0 unspecified atom stereocenters. The summed E-state index contributed by atoms with van der Waals surface area (Å²) in [5, 5.41) is 0.793. The van der Waals surface area contributed by atoms with Gasteiger partial charge in [-0.25, -0.2) is 9.78 Å². The van der Waals surface area contributed by atoms with E-state index in [4.69, 9.17) is 16.3 Å². The second-order valence-electron chi connectivity index (χ2n) is 7.67. The first-order chi connectivity index (χ1) is 12.3. The van der Waals surface area contributed by atoms with Crippen molar-refractivity contribution < 1.29 is 9.53 Å². The molecule has 0 saturated carbocycles. The molecule has 2 aromatic rings. The van der Waals surface area contributed by atoms with E-state index in [0.29, 0.717) is 13.1 Å². The van der Waals surface area contributed by atoms with Crippen molar-refractivity contribution in [3.05, 3.63) is 52.1 Å². The molecule has 0 saturated heterocycles. The minimum absolute atomic E-state index is 0.242. The number of carbonyl (C=O) groups is 1. The lowest BCUT2D eigenvalue weighted by Gasteiger charge is -2.26. The van der Waals surface area contributed by atoms with E-state index in [0.717, 1.165) is 36.5 Å². The molecule has 5 nitrogen and oxygen atoms in total. The van der Waals surface area contributed by atoms with Crippen LogP contribution >= 0.6 is 11.6 Å². The molecule has 140 valence electrons. The fourth-order valence-corrected chi connectivity index (χ4v) is 3.60. The molecule has 2 heterocycles. The van der Waals surface area contributed by atoms with Crippen molar-refractivity contribution in [3.63, 3.8) is 0 Å². The van der Waals surface area contributed by atoms with Gasteiger partial charge >= 0.3 is 6.09 Å². The van der Waals surface area contributed by atoms with Crippen molar-refractivity contribution in [2.75, 3.05) is 13.1 Å². The monoisotopic (exact) mass is 375 g/mol. The summed E-state index contributed by atoms with van der Waals surface area (Å²) in [6.45, 7) is 7.00. The number of carbonyl (C=O) groups excluding carboxylic acids is 1. The quantitative estimate of drug-likeness (QED) is 0.875. The van der Waals surface area contributed by atoms with Crippen molar-refractivity contribution in [2.24, 2.45) is 0 Å². The van der Waals surface area contributed by atoms with Gasteiger partial charge in [-0.3, -0.25) is 0 Å². The number of benzene rings is 1. The third-order valence-corrected chi connectivity index (χ3v) is 4.93. The third kappa shape index (κ3) is 4.58. The van der Waals surface area contributed by atoms with E-state index in [1.807, 2.05) is 33.0 Å². The normalized spacial score (nSPS) is 14.7. The van der Waals surface area contributed by atoms with Gasteiger partial charge in [-0.2, -0.15) is 0 Å². The fourth-order valence-electron chi connectivity index (χ4n) is 3.33. The molecule has 0 fully saturated rings. The molecule has 0 spiro atoms. The van der Waals surface area contributed by atoms with Crippen molar-refractivity contribution in [1.82, 2.24) is 14.9 Å². The van der Waals surface area contributed by atoms with Crippen LogP contribution in [0, 0.1) is 0 Å². The Morgan fingerprint density at radius 3 is 2.73 bits per heavy atom. The van der Waals surface area contributed by atoms with Gasteiger partial charge in [0.15, 0.2) is 0 Å². The SMILES string of the molecule is CC(C)(C)OC(=O)N1CCc2ccc(Cl)c(CCc3ncc[nH]3)c2CC1. The van der Waals surface area contributed by atoms with Crippen LogP contribution in [0.2, 0.25) is 5.02 Å². The number of amides is 1. The molecule has 1 aromatic carbocycles. The minimum Gasteiger partial charge on any atom is -0.444 e. The summed E-state index contributed by atoms with van der Waals surface area (Å²) >= 11 is 6.50. The molecule has 1 aliphatic heterocycles. The lowest BCUT2D eigenvalue weighted by atomic mass is 9.94. The van der Waals surface area contributed by atoms with Crippen LogP contribution in [0.25, 0.3) is 0 Å². The number of halogens is 1. The zero-order chi connectivity index (χ0) is 18.7. The molecule has 3 rings (SSSR count). The standard InChI is InChI=1S/C20H26ClN3O2/c1-20(2,3)26-19(25)24-12-8-14-4-6-17(21)16(15(14)9-13-24)5-7-18-22-10-11-23-18/h4,6,10-11H,5,7-9,12-13H2,1-3H3,(H,22,23). The van der Waals surface area contributed by atoms with Gasteiger partial charge in [-0.1, -0.05) is 17.7 Å². The maximum absolute atomic E-state index is 12.4. The molecular weight excluding hydrogens is 350 g/mol. The number of fused-ring (bicyclic) bond motifs is 1. The van der Waals surface area contributed by atoms with Gasteiger partial charge < -0.3 is 14.6 Å². The number of imidazole rings is 1. The van der Waals surface area contributed by atoms with Gasteiger partial charge in [0.25, 0.3) is 0 Å². The van der Waals surface area contributed by atoms with Gasteiger partial charge in [0.2, 0.25) is 0 Å². The van der Waals surface area contributed by atoms with E-state index in [1.165, 1.54) is 16.7 Å². The van der Waals surface area contributed by atoms with Crippen molar-refractivity contribution in [1.29, 1.82) is 0 Å². The molecule has 1 N–H and O–H groups in total. The number of hydrogen-bond acceptors (Lipinski definition) is 3. The van der Waals surface area contributed by atoms with Crippen LogP contribution in [-0.2, 0) is 30.4 Å². The number of hydrogen-bond donors (Lipinski definition) is 1. The van der Waals surface area contributed by atoms with Gasteiger partial charge in [0, 0.05) is 36.9 Å². The number of nitrogens with one attached hydrogen (secondary N) is 1. The summed E-state index contributed by atoms with van der Waals surface area (Å²) < 4.78 is 5.53. The number of ether oxygens (including phenoxy) is 1. The van der Waals surface area contributed by atoms with Crippen molar-refractivity contribution in [2.45, 2.75) is 52.1 Å². The van der Waals surface area contributed by atoms with Gasteiger partial charge in [-0.15, -0.1) is 0 Å². The Labute approximate surface area is 159 Å². The van der Waals surface area contributed by atoms with Crippen LogP contribution in [0.5, 0.6) is 0 Å². The van der Waals surface area contributed by atoms with E-state index in [1.54, 1.807) is 11.1 Å². The van der Waals surface area contributed by atoms with Crippen molar-refractivity contribution in [3.8, 4) is 0 Å². The predicted octanol–water partition coefficient (Wildman–Crippen LogP) is 4.18. The summed E-state index contributed by atoms with van der Waals surface area (Å²) in [5.74, 6) is 0.961. The lowest BCUT2D eigenvalue weighted by molar-refractivity contribution is 0.0258. The highest BCUT2D eigenvalue weighted by atomic mass is 35.5. The van der Waals surface area contributed by atoms with Crippen LogP contribution in [0.1, 0.15) is 43.3 Å². The average molecular weight is 376 g/mol. The first-order valence-corrected chi connectivity index (χ1v) is 9.46. The minimum atomic E-state index is -0.478. The number of aryl methyl sites for hydroxylation is 1. The topological polar surface area (TPSA) is 58.2 Å². The molecular formula is C20H26ClN3O2. The number of H-pyrrole nitrogens is 1. The second kappa shape index (κ2) is 7.70. The Kier molecular flexibility index (Phi) is 5.56. The summed E-state index contributed by atoms with van der Waals surface area (Å²) in [4.78, 5) is 21.6. The molecule has 1 aromatic heterocycles. The third-order valence-electron chi connectivity index (χ3n) is 4.57. The Morgan fingerprint density at radius 1 is 1.27 bits per heavy atom. The van der Waals surface area contributed by atoms with Gasteiger partial charge in [0.1, 0.15) is 11.4 Å². The summed E-state index contributed by atoms with van der Waals surface area (Å²) in [6.07, 6.45) is 6.62. The lowest BCUT2D eigenvalue weighted by Crippen LogP contribution is -2.38. The molecule has 1 aliphatic rings. The summed E-state index contributed by atoms with van der Waals surface area (Å²) in [6, 6.07) is 4.06. The van der Waals surface area contributed by atoms with Crippen LogP contribution < -0.4 is 0 Å². The zero-order valence-corrected chi connectivity index (χ0v) is 16.4. The number of aromatic nitrogens is 2. The first-order valence-electron chi connectivity index (χ1n) is 9.09. The van der Waals surface area contributed by atoms with Gasteiger partial charge in [0.05, 0.1) is 0 Å². The van der Waals surface area contributed by atoms with E-state index in [9.17, 15) is 4.79 Å². The van der Waals surface area contributed by atoms with Crippen LogP contribution in [-0.4, -0.2) is 39.7 Å². The molecule has 0 bridgehead atoms. The number of nitrogens with zero attached hydrogens (tertiary/aromatic N) is 2.